The number of alkyl halides is 3. The molecule has 14 heavy (non-hydrogen) atoms. The van der Waals surface area contributed by atoms with Crippen LogP contribution < -0.4 is 0 Å². The minimum atomic E-state index is -4.47. The van der Waals surface area contributed by atoms with Crippen LogP contribution in [-0.4, -0.2) is 18.8 Å². The fourth-order valence-electron chi connectivity index (χ4n) is 0.887. The summed E-state index contributed by atoms with van der Waals surface area (Å²) in [5.41, 5.74) is -0.865. The summed E-state index contributed by atoms with van der Waals surface area (Å²) in [6.45, 7) is 4.35. The standard InChI is InChI=1S/C9H13F3O2/c1-4-14-8(13)5-7(6(2)3)9(10,11)12/h5-6H,4H2,1-3H3/b7-5+. The summed E-state index contributed by atoms with van der Waals surface area (Å²) in [6, 6.07) is 0. The summed E-state index contributed by atoms with van der Waals surface area (Å²) in [5.74, 6) is -1.70. The lowest BCUT2D eigenvalue weighted by atomic mass is 10.0. The SMILES string of the molecule is CCOC(=O)/C=C(\C(C)C)C(F)(F)F. The smallest absolute Gasteiger partial charge is 0.413 e. The third-order valence-corrected chi connectivity index (χ3v) is 1.51. The first kappa shape index (κ1) is 13.0. The summed E-state index contributed by atoms with van der Waals surface area (Å²) >= 11 is 0. The molecule has 0 fully saturated rings. The van der Waals surface area contributed by atoms with Gasteiger partial charge in [0.1, 0.15) is 0 Å². The molecule has 0 aromatic heterocycles. The van der Waals surface area contributed by atoms with Gasteiger partial charge in [-0.2, -0.15) is 13.2 Å². The molecule has 0 aliphatic carbocycles. The van der Waals surface area contributed by atoms with Crippen LogP contribution >= 0.6 is 0 Å². The molecular formula is C9H13F3O2. The normalized spacial score (nSPS) is 13.2. The average Bonchev–Trinajstić information content (AvgIpc) is 1.98. The van der Waals surface area contributed by atoms with Crippen molar-refractivity contribution in [2.75, 3.05) is 6.61 Å². The Labute approximate surface area is 80.7 Å². The maximum Gasteiger partial charge on any atom is 0.413 e. The number of hydrogen-bond acceptors (Lipinski definition) is 2. The lowest BCUT2D eigenvalue weighted by molar-refractivity contribution is -0.138. The quantitative estimate of drug-likeness (QED) is 0.528. The molecular weight excluding hydrogens is 197 g/mol. The van der Waals surface area contributed by atoms with Crippen LogP contribution in [0.15, 0.2) is 11.6 Å². The average molecular weight is 210 g/mol. The summed E-state index contributed by atoms with van der Waals surface area (Å²) in [4.78, 5) is 10.8. The van der Waals surface area contributed by atoms with E-state index in [1.54, 1.807) is 0 Å². The van der Waals surface area contributed by atoms with Crippen molar-refractivity contribution in [3.05, 3.63) is 11.6 Å². The van der Waals surface area contributed by atoms with Crippen molar-refractivity contribution in [2.45, 2.75) is 26.9 Å². The van der Waals surface area contributed by atoms with Crippen LogP contribution in [0.2, 0.25) is 0 Å². The van der Waals surface area contributed by atoms with Gasteiger partial charge < -0.3 is 4.74 Å². The summed E-state index contributed by atoms with van der Waals surface area (Å²) in [6.07, 6.45) is -3.96. The van der Waals surface area contributed by atoms with E-state index in [2.05, 4.69) is 4.74 Å². The van der Waals surface area contributed by atoms with E-state index in [1.807, 2.05) is 0 Å². The summed E-state index contributed by atoms with van der Waals surface area (Å²) < 4.78 is 41.3. The molecule has 0 atom stereocenters. The molecule has 0 rings (SSSR count). The molecule has 2 nitrogen and oxygen atoms in total. The van der Waals surface area contributed by atoms with Gasteiger partial charge in [0.25, 0.3) is 0 Å². The van der Waals surface area contributed by atoms with Gasteiger partial charge in [-0.05, 0) is 12.8 Å². The van der Waals surface area contributed by atoms with Crippen molar-refractivity contribution in [1.29, 1.82) is 0 Å². The molecule has 0 saturated heterocycles. The maximum absolute atomic E-state index is 12.3. The van der Waals surface area contributed by atoms with Crippen LogP contribution in [0.3, 0.4) is 0 Å². The molecule has 0 bridgehead atoms. The van der Waals surface area contributed by atoms with Crippen LogP contribution in [-0.2, 0) is 9.53 Å². The minimum Gasteiger partial charge on any atom is -0.463 e. The van der Waals surface area contributed by atoms with Crippen LogP contribution in [0.1, 0.15) is 20.8 Å². The molecule has 0 unspecified atom stereocenters. The van der Waals surface area contributed by atoms with Gasteiger partial charge in [-0.1, -0.05) is 13.8 Å². The number of carbonyl (C=O) groups is 1. The second-order valence-electron chi connectivity index (χ2n) is 3.00. The molecule has 82 valence electrons. The second-order valence-corrected chi connectivity index (χ2v) is 3.00. The Hall–Kier alpha value is -1.00. The van der Waals surface area contributed by atoms with E-state index in [0.29, 0.717) is 6.08 Å². The van der Waals surface area contributed by atoms with E-state index in [1.165, 1.54) is 20.8 Å². The van der Waals surface area contributed by atoms with Gasteiger partial charge >= 0.3 is 12.1 Å². The van der Waals surface area contributed by atoms with E-state index < -0.39 is 23.6 Å². The van der Waals surface area contributed by atoms with Crippen molar-refractivity contribution >= 4 is 5.97 Å². The van der Waals surface area contributed by atoms with Crippen molar-refractivity contribution < 1.29 is 22.7 Å². The first-order chi connectivity index (χ1) is 6.29. The van der Waals surface area contributed by atoms with Crippen molar-refractivity contribution in [2.24, 2.45) is 5.92 Å². The lowest BCUT2D eigenvalue weighted by Crippen LogP contribution is -2.18. The Balaban J connectivity index is 4.75. The van der Waals surface area contributed by atoms with Crippen LogP contribution in [0, 0.1) is 5.92 Å². The fourth-order valence-corrected chi connectivity index (χ4v) is 0.887. The number of esters is 1. The largest absolute Gasteiger partial charge is 0.463 e. The molecule has 0 N–H and O–H groups in total. The molecule has 0 aromatic carbocycles. The topological polar surface area (TPSA) is 26.3 Å². The first-order valence-corrected chi connectivity index (χ1v) is 4.24. The second kappa shape index (κ2) is 5.02. The van der Waals surface area contributed by atoms with Crippen molar-refractivity contribution in [1.82, 2.24) is 0 Å². The Morgan fingerprint density at radius 3 is 2.21 bits per heavy atom. The Morgan fingerprint density at radius 1 is 1.43 bits per heavy atom. The fraction of sp³-hybridized carbons (Fsp3) is 0.667. The van der Waals surface area contributed by atoms with Gasteiger partial charge in [0, 0.05) is 11.6 Å². The Morgan fingerprint density at radius 2 is 1.93 bits per heavy atom. The zero-order valence-electron chi connectivity index (χ0n) is 8.31. The lowest BCUT2D eigenvalue weighted by Gasteiger charge is -2.14. The molecule has 0 aromatic rings. The zero-order chi connectivity index (χ0) is 11.4. The number of allylic oxidation sites excluding steroid dienone is 1. The number of ether oxygens (including phenoxy) is 1. The molecule has 0 aliphatic rings. The Bertz CT molecular complexity index is 229. The minimum absolute atomic E-state index is 0.0680. The van der Waals surface area contributed by atoms with Crippen LogP contribution in [0.4, 0.5) is 13.2 Å². The van der Waals surface area contributed by atoms with Crippen LogP contribution in [0.25, 0.3) is 0 Å². The first-order valence-electron chi connectivity index (χ1n) is 4.24. The van der Waals surface area contributed by atoms with Gasteiger partial charge in [-0.15, -0.1) is 0 Å². The Kier molecular flexibility index (Phi) is 4.67. The molecule has 0 aliphatic heterocycles. The number of rotatable bonds is 3. The monoisotopic (exact) mass is 210 g/mol. The number of halogens is 3. The van der Waals surface area contributed by atoms with E-state index >= 15 is 0 Å². The van der Waals surface area contributed by atoms with Crippen molar-refractivity contribution in [3.8, 4) is 0 Å². The number of carbonyl (C=O) groups excluding carboxylic acids is 1. The van der Waals surface area contributed by atoms with Gasteiger partial charge in [0.2, 0.25) is 0 Å². The number of hydrogen-bond donors (Lipinski definition) is 0. The van der Waals surface area contributed by atoms with Crippen LogP contribution in [0.5, 0.6) is 0 Å². The van der Waals surface area contributed by atoms with Gasteiger partial charge in [-0.25, -0.2) is 4.79 Å². The molecule has 5 heteroatoms. The highest BCUT2D eigenvalue weighted by Gasteiger charge is 2.36. The molecule has 0 radical (unpaired) electrons. The van der Waals surface area contributed by atoms with E-state index in [-0.39, 0.29) is 6.61 Å². The maximum atomic E-state index is 12.3. The van der Waals surface area contributed by atoms with Gasteiger partial charge in [0.15, 0.2) is 0 Å². The summed E-state index contributed by atoms with van der Waals surface area (Å²) in [7, 11) is 0. The molecule has 0 amide bonds. The zero-order valence-corrected chi connectivity index (χ0v) is 8.31. The predicted molar refractivity (Wildman–Crippen MR) is 45.6 cm³/mol. The highest BCUT2D eigenvalue weighted by Crippen LogP contribution is 2.30. The third-order valence-electron chi connectivity index (χ3n) is 1.51. The molecule has 0 saturated carbocycles. The molecule has 0 heterocycles. The summed E-state index contributed by atoms with van der Waals surface area (Å²) in [5, 5.41) is 0. The van der Waals surface area contributed by atoms with Gasteiger partial charge in [0.05, 0.1) is 6.61 Å². The van der Waals surface area contributed by atoms with Gasteiger partial charge in [-0.3, -0.25) is 0 Å². The van der Waals surface area contributed by atoms with E-state index in [4.69, 9.17) is 0 Å². The van der Waals surface area contributed by atoms with Crippen molar-refractivity contribution in [3.63, 3.8) is 0 Å². The van der Waals surface area contributed by atoms with E-state index in [0.717, 1.165) is 0 Å². The molecule has 0 spiro atoms. The highest BCUT2D eigenvalue weighted by molar-refractivity contribution is 5.83. The van der Waals surface area contributed by atoms with E-state index in [9.17, 15) is 18.0 Å². The predicted octanol–water partition coefficient (Wildman–Crippen LogP) is 2.69. The highest BCUT2D eigenvalue weighted by atomic mass is 19.4. The third kappa shape index (κ3) is 4.30.